The average molecular weight is 358 g/mol. The standard InChI is InChI=1S/C19H23FN4O2/c1-26-17-5-3-2-4-15(17)13-22-19(25)14-23-8-10-24(11-9-23)16-6-7-21-18(20)12-16/h2-7,12H,8-11,13-14H2,1H3,(H,22,25). The van der Waals surface area contributed by atoms with Gasteiger partial charge in [0.25, 0.3) is 0 Å². The molecular weight excluding hydrogens is 335 g/mol. The van der Waals surface area contributed by atoms with Gasteiger partial charge in [-0.25, -0.2) is 4.98 Å². The van der Waals surface area contributed by atoms with Crippen LogP contribution in [0.4, 0.5) is 10.1 Å². The van der Waals surface area contributed by atoms with Gasteiger partial charge in [0.15, 0.2) is 0 Å². The first-order chi connectivity index (χ1) is 12.7. The number of rotatable bonds is 6. The minimum Gasteiger partial charge on any atom is -0.496 e. The van der Waals surface area contributed by atoms with Gasteiger partial charge in [0.2, 0.25) is 11.9 Å². The Morgan fingerprint density at radius 3 is 2.73 bits per heavy atom. The van der Waals surface area contributed by atoms with E-state index in [1.54, 1.807) is 13.2 Å². The smallest absolute Gasteiger partial charge is 0.234 e. The third-order valence-electron chi connectivity index (χ3n) is 4.48. The van der Waals surface area contributed by atoms with Gasteiger partial charge >= 0.3 is 0 Å². The zero-order valence-corrected chi connectivity index (χ0v) is 14.8. The van der Waals surface area contributed by atoms with Crippen LogP contribution >= 0.6 is 0 Å². The number of nitrogens with one attached hydrogen (secondary N) is 1. The molecule has 0 spiro atoms. The number of benzene rings is 1. The highest BCUT2D eigenvalue weighted by Gasteiger charge is 2.19. The van der Waals surface area contributed by atoms with Crippen LogP contribution < -0.4 is 15.0 Å². The van der Waals surface area contributed by atoms with Gasteiger partial charge in [0.05, 0.1) is 13.7 Å². The molecule has 0 saturated carbocycles. The Kier molecular flexibility index (Phi) is 6.01. The average Bonchev–Trinajstić information content (AvgIpc) is 2.67. The van der Waals surface area contributed by atoms with Gasteiger partial charge in [-0.1, -0.05) is 18.2 Å². The van der Waals surface area contributed by atoms with Crippen molar-refractivity contribution < 1.29 is 13.9 Å². The predicted octanol–water partition coefficient (Wildman–Crippen LogP) is 1.67. The fraction of sp³-hybridized carbons (Fsp3) is 0.368. The molecule has 2 heterocycles. The van der Waals surface area contributed by atoms with Crippen LogP contribution in [0.1, 0.15) is 5.56 Å². The Hall–Kier alpha value is -2.67. The van der Waals surface area contributed by atoms with Gasteiger partial charge in [0.1, 0.15) is 5.75 Å². The summed E-state index contributed by atoms with van der Waals surface area (Å²) >= 11 is 0. The van der Waals surface area contributed by atoms with E-state index in [0.717, 1.165) is 43.2 Å². The summed E-state index contributed by atoms with van der Waals surface area (Å²) in [5.74, 6) is 0.283. The lowest BCUT2D eigenvalue weighted by Crippen LogP contribution is -2.49. The van der Waals surface area contributed by atoms with E-state index in [0.29, 0.717) is 13.1 Å². The number of anilines is 1. The molecule has 0 unspecified atom stereocenters. The monoisotopic (exact) mass is 358 g/mol. The highest BCUT2D eigenvalue weighted by Crippen LogP contribution is 2.17. The SMILES string of the molecule is COc1ccccc1CNC(=O)CN1CCN(c2ccnc(F)c2)CC1. The second kappa shape index (κ2) is 8.62. The molecule has 1 aliphatic heterocycles. The maximum absolute atomic E-state index is 13.2. The molecule has 138 valence electrons. The molecule has 1 fully saturated rings. The number of hydrogen-bond donors (Lipinski definition) is 1. The molecule has 26 heavy (non-hydrogen) atoms. The van der Waals surface area contributed by atoms with Crippen LogP contribution in [0.25, 0.3) is 0 Å². The minimum atomic E-state index is -0.472. The summed E-state index contributed by atoms with van der Waals surface area (Å²) in [6, 6.07) is 10.9. The fourth-order valence-corrected chi connectivity index (χ4v) is 3.05. The van der Waals surface area contributed by atoms with E-state index < -0.39 is 5.95 Å². The Bertz CT molecular complexity index is 748. The van der Waals surface area contributed by atoms with Crippen LogP contribution in [0, 0.1) is 5.95 Å². The van der Waals surface area contributed by atoms with Crippen LogP contribution in [0.3, 0.4) is 0 Å². The quantitative estimate of drug-likeness (QED) is 0.796. The van der Waals surface area contributed by atoms with Crippen molar-refractivity contribution in [1.29, 1.82) is 0 Å². The first-order valence-electron chi connectivity index (χ1n) is 8.63. The van der Waals surface area contributed by atoms with Crippen LogP contribution in [-0.2, 0) is 11.3 Å². The highest BCUT2D eigenvalue weighted by atomic mass is 19.1. The van der Waals surface area contributed by atoms with Crippen molar-refractivity contribution >= 4 is 11.6 Å². The molecule has 6 nitrogen and oxygen atoms in total. The topological polar surface area (TPSA) is 57.7 Å². The van der Waals surface area contributed by atoms with Gasteiger partial charge < -0.3 is 15.0 Å². The Labute approximate surface area is 152 Å². The summed E-state index contributed by atoms with van der Waals surface area (Å²) in [6.07, 6.45) is 1.47. The number of halogens is 1. The summed E-state index contributed by atoms with van der Waals surface area (Å²) in [5, 5.41) is 2.94. The van der Waals surface area contributed by atoms with Gasteiger partial charge in [0, 0.05) is 56.2 Å². The molecule has 3 rings (SSSR count). The Morgan fingerprint density at radius 2 is 2.00 bits per heavy atom. The summed E-state index contributed by atoms with van der Waals surface area (Å²) in [5.41, 5.74) is 1.78. The van der Waals surface area contributed by atoms with Crippen molar-refractivity contribution in [3.63, 3.8) is 0 Å². The van der Waals surface area contributed by atoms with Gasteiger partial charge in [-0.3, -0.25) is 9.69 Å². The van der Waals surface area contributed by atoms with Crippen molar-refractivity contribution in [2.45, 2.75) is 6.54 Å². The van der Waals surface area contributed by atoms with Gasteiger partial charge in [-0.15, -0.1) is 0 Å². The maximum atomic E-state index is 13.2. The highest BCUT2D eigenvalue weighted by molar-refractivity contribution is 5.78. The molecule has 1 aromatic carbocycles. The summed E-state index contributed by atoms with van der Waals surface area (Å²) in [4.78, 5) is 20.0. The van der Waals surface area contributed by atoms with Crippen molar-refractivity contribution in [1.82, 2.24) is 15.2 Å². The van der Waals surface area contributed by atoms with E-state index >= 15 is 0 Å². The Balaban J connectivity index is 1.45. The van der Waals surface area contributed by atoms with Crippen LogP contribution in [0.15, 0.2) is 42.6 Å². The largest absolute Gasteiger partial charge is 0.496 e. The number of amides is 1. The number of hydrogen-bond acceptors (Lipinski definition) is 5. The van der Waals surface area contributed by atoms with Crippen molar-refractivity contribution in [3.8, 4) is 5.75 Å². The summed E-state index contributed by atoms with van der Waals surface area (Å²) in [6.45, 7) is 3.82. The molecule has 0 aliphatic carbocycles. The number of para-hydroxylation sites is 1. The molecule has 1 aromatic heterocycles. The zero-order chi connectivity index (χ0) is 18.4. The molecular formula is C19H23FN4O2. The predicted molar refractivity (Wildman–Crippen MR) is 97.7 cm³/mol. The molecule has 1 saturated heterocycles. The van der Waals surface area contributed by atoms with E-state index in [1.165, 1.54) is 12.3 Å². The lowest BCUT2D eigenvalue weighted by atomic mass is 10.2. The van der Waals surface area contributed by atoms with Crippen LogP contribution in [0.2, 0.25) is 0 Å². The van der Waals surface area contributed by atoms with Gasteiger partial charge in [-0.2, -0.15) is 4.39 Å². The first-order valence-corrected chi connectivity index (χ1v) is 8.63. The maximum Gasteiger partial charge on any atom is 0.234 e. The molecule has 0 radical (unpaired) electrons. The number of pyridine rings is 1. The lowest BCUT2D eigenvalue weighted by molar-refractivity contribution is -0.122. The first kappa shape index (κ1) is 18.1. The number of methoxy groups -OCH3 is 1. The van der Waals surface area contributed by atoms with E-state index in [9.17, 15) is 9.18 Å². The van der Waals surface area contributed by atoms with Gasteiger partial charge in [-0.05, 0) is 12.1 Å². The third-order valence-corrected chi connectivity index (χ3v) is 4.48. The minimum absolute atomic E-state index is 0.0145. The molecule has 0 atom stereocenters. The summed E-state index contributed by atoms with van der Waals surface area (Å²) < 4.78 is 18.5. The van der Waals surface area contributed by atoms with Crippen molar-refractivity contribution in [2.24, 2.45) is 0 Å². The lowest BCUT2D eigenvalue weighted by Gasteiger charge is -2.35. The fourth-order valence-electron chi connectivity index (χ4n) is 3.05. The van der Waals surface area contributed by atoms with E-state index in [-0.39, 0.29) is 5.91 Å². The Morgan fingerprint density at radius 1 is 1.23 bits per heavy atom. The second-order valence-corrected chi connectivity index (χ2v) is 6.19. The van der Waals surface area contributed by atoms with Crippen LogP contribution in [0.5, 0.6) is 5.75 Å². The van der Waals surface area contributed by atoms with E-state index in [4.69, 9.17) is 4.74 Å². The number of carbonyl (C=O) groups is 1. The normalized spacial score (nSPS) is 14.9. The molecule has 1 N–H and O–H groups in total. The third kappa shape index (κ3) is 4.70. The number of carbonyl (C=O) groups excluding carboxylic acids is 1. The van der Waals surface area contributed by atoms with E-state index in [1.807, 2.05) is 24.3 Å². The number of aromatic nitrogens is 1. The zero-order valence-electron chi connectivity index (χ0n) is 14.8. The molecule has 2 aromatic rings. The van der Waals surface area contributed by atoms with E-state index in [2.05, 4.69) is 20.1 Å². The second-order valence-electron chi connectivity index (χ2n) is 6.19. The molecule has 7 heteroatoms. The van der Waals surface area contributed by atoms with Crippen molar-refractivity contribution in [2.75, 3.05) is 44.7 Å². The number of ether oxygens (including phenoxy) is 1. The number of piperazine rings is 1. The molecule has 0 bridgehead atoms. The molecule has 1 aliphatic rings. The summed E-state index contributed by atoms with van der Waals surface area (Å²) in [7, 11) is 1.62. The van der Waals surface area contributed by atoms with Crippen molar-refractivity contribution in [3.05, 3.63) is 54.1 Å². The number of nitrogens with zero attached hydrogens (tertiary/aromatic N) is 3. The molecule has 1 amide bonds. The van der Waals surface area contributed by atoms with Crippen LogP contribution in [-0.4, -0.2) is 55.6 Å².